The summed E-state index contributed by atoms with van der Waals surface area (Å²) in [6.07, 6.45) is 0.864. The molecular weight excluding hydrogens is 266 g/mol. The Hall–Kier alpha value is -1.32. The predicted molar refractivity (Wildman–Crippen MR) is 78.0 cm³/mol. The normalized spacial score (nSPS) is 12.2. The molecule has 1 unspecified atom stereocenters. The minimum Gasteiger partial charge on any atom is -0.366 e. The molecule has 0 spiro atoms. The van der Waals surface area contributed by atoms with Gasteiger partial charge in [-0.05, 0) is 36.6 Å². The third-order valence-electron chi connectivity index (χ3n) is 3.04. The number of carbonyl (C=O) groups excluding carboxylic acids is 1. The van der Waals surface area contributed by atoms with Crippen molar-refractivity contribution in [2.75, 3.05) is 11.9 Å². The van der Waals surface area contributed by atoms with E-state index in [1.54, 1.807) is 23.5 Å². The van der Waals surface area contributed by atoms with Crippen LogP contribution in [0.1, 0.15) is 28.2 Å². The van der Waals surface area contributed by atoms with Crippen molar-refractivity contribution < 1.29 is 4.79 Å². The van der Waals surface area contributed by atoms with Gasteiger partial charge < -0.3 is 4.90 Å². The smallest absolute Gasteiger partial charge is 0.152 e. The van der Waals surface area contributed by atoms with Crippen molar-refractivity contribution >= 4 is 34.9 Å². The van der Waals surface area contributed by atoms with Gasteiger partial charge in [0.1, 0.15) is 0 Å². The predicted octanol–water partition coefficient (Wildman–Crippen LogP) is 4.41. The molecule has 2 rings (SSSR count). The molecule has 1 atom stereocenters. The van der Waals surface area contributed by atoms with Crippen molar-refractivity contribution in [3.8, 4) is 0 Å². The Kier molecular flexibility index (Phi) is 4.04. The zero-order valence-electron chi connectivity index (χ0n) is 10.3. The summed E-state index contributed by atoms with van der Waals surface area (Å²) < 4.78 is 0. The number of hydrogen-bond acceptors (Lipinski definition) is 3. The third-order valence-corrected chi connectivity index (χ3v) is 4.31. The molecule has 0 aliphatic rings. The second-order valence-corrected chi connectivity index (χ2v) is 5.54. The quantitative estimate of drug-likeness (QED) is 0.773. The fourth-order valence-electron chi connectivity index (χ4n) is 1.85. The standard InChI is InChI=1S/C14H14ClNOS/c1-10(14-4-3-7-18-14)16(2)13-8-12(15)6-5-11(13)9-17/h3-10H,1-2H3. The number of aldehydes is 1. The molecule has 0 amide bonds. The number of halogens is 1. The number of anilines is 1. The van der Waals surface area contributed by atoms with Crippen molar-refractivity contribution in [3.63, 3.8) is 0 Å². The number of thiophene rings is 1. The average Bonchev–Trinajstić information content (AvgIpc) is 2.90. The summed E-state index contributed by atoms with van der Waals surface area (Å²) in [7, 11) is 1.98. The Labute approximate surface area is 116 Å². The summed E-state index contributed by atoms with van der Waals surface area (Å²) in [5.74, 6) is 0. The van der Waals surface area contributed by atoms with E-state index >= 15 is 0 Å². The molecule has 2 aromatic rings. The largest absolute Gasteiger partial charge is 0.366 e. The highest BCUT2D eigenvalue weighted by Gasteiger charge is 2.16. The molecule has 0 aliphatic heterocycles. The summed E-state index contributed by atoms with van der Waals surface area (Å²) in [4.78, 5) is 14.4. The number of nitrogens with zero attached hydrogens (tertiary/aromatic N) is 1. The maximum atomic E-state index is 11.1. The molecule has 0 N–H and O–H groups in total. The first-order valence-electron chi connectivity index (χ1n) is 5.64. The highest BCUT2D eigenvalue weighted by Crippen LogP contribution is 2.31. The van der Waals surface area contributed by atoms with Crippen LogP contribution in [-0.2, 0) is 0 Å². The van der Waals surface area contributed by atoms with Gasteiger partial charge >= 0.3 is 0 Å². The third kappa shape index (κ3) is 2.57. The van der Waals surface area contributed by atoms with Crippen LogP contribution in [0.15, 0.2) is 35.7 Å². The van der Waals surface area contributed by atoms with Crippen molar-refractivity contribution in [3.05, 3.63) is 51.2 Å². The Morgan fingerprint density at radius 3 is 2.78 bits per heavy atom. The molecule has 0 fully saturated rings. The summed E-state index contributed by atoms with van der Waals surface area (Å²) in [6, 6.07) is 9.65. The Morgan fingerprint density at radius 1 is 1.39 bits per heavy atom. The molecule has 0 radical (unpaired) electrons. The molecule has 94 valence electrons. The highest BCUT2D eigenvalue weighted by molar-refractivity contribution is 7.10. The lowest BCUT2D eigenvalue weighted by atomic mass is 10.1. The molecule has 0 saturated heterocycles. The van der Waals surface area contributed by atoms with Crippen LogP contribution < -0.4 is 4.90 Å². The maximum absolute atomic E-state index is 11.1. The van der Waals surface area contributed by atoms with E-state index in [4.69, 9.17) is 11.6 Å². The Bertz CT molecular complexity index is 539. The van der Waals surface area contributed by atoms with E-state index in [0.717, 1.165) is 12.0 Å². The van der Waals surface area contributed by atoms with E-state index in [1.807, 2.05) is 19.2 Å². The molecule has 1 aromatic heterocycles. The van der Waals surface area contributed by atoms with Crippen LogP contribution in [0, 0.1) is 0 Å². The first-order chi connectivity index (χ1) is 8.63. The Balaban J connectivity index is 2.36. The van der Waals surface area contributed by atoms with Gasteiger partial charge in [0.15, 0.2) is 6.29 Å². The SMILES string of the molecule is CC(c1cccs1)N(C)c1cc(Cl)ccc1C=O. The van der Waals surface area contributed by atoms with Gasteiger partial charge in [-0.1, -0.05) is 17.7 Å². The van der Waals surface area contributed by atoms with Gasteiger partial charge in [0.25, 0.3) is 0 Å². The highest BCUT2D eigenvalue weighted by atomic mass is 35.5. The minimum absolute atomic E-state index is 0.210. The zero-order valence-corrected chi connectivity index (χ0v) is 11.8. The second-order valence-electron chi connectivity index (χ2n) is 4.12. The van der Waals surface area contributed by atoms with E-state index in [0.29, 0.717) is 10.6 Å². The summed E-state index contributed by atoms with van der Waals surface area (Å²) in [5.41, 5.74) is 1.52. The molecule has 0 aliphatic carbocycles. The van der Waals surface area contributed by atoms with Gasteiger partial charge in [0.2, 0.25) is 0 Å². The van der Waals surface area contributed by atoms with Crippen LogP contribution in [0.2, 0.25) is 5.02 Å². The monoisotopic (exact) mass is 279 g/mol. The lowest BCUT2D eigenvalue weighted by Gasteiger charge is -2.27. The summed E-state index contributed by atoms with van der Waals surface area (Å²) in [6.45, 7) is 2.11. The lowest BCUT2D eigenvalue weighted by Crippen LogP contribution is -2.22. The van der Waals surface area contributed by atoms with Gasteiger partial charge in [-0.3, -0.25) is 4.79 Å². The van der Waals surface area contributed by atoms with Crippen LogP contribution in [-0.4, -0.2) is 13.3 Å². The zero-order chi connectivity index (χ0) is 13.1. The van der Waals surface area contributed by atoms with Gasteiger partial charge in [0, 0.05) is 28.2 Å². The first-order valence-corrected chi connectivity index (χ1v) is 6.90. The fraction of sp³-hybridized carbons (Fsp3) is 0.214. The van der Waals surface area contributed by atoms with Crippen molar-refractivity contribution in [1.82, 2.24) is 0 Å². The first kappa shape index (κ1) is 13.1. The molecule has 2 nitrogen and oxygen atoms in total. The maximum Gasteiger partial charge on any atom is 0.152 e. The summed E-state index contributed by atoms with van der Waals surface area (Å²) in [5, 5.41) is 2.69. The summed E-state index contributed by atoms with van der Waals surface area (Å²) >= 11 is 7.72. The van der Waals surface area contributed by atoms with E-state index < -0.39 is 0 Å². The molecule has 1 aromatic carbocycles. The number of rotatable bonds is 4. The van der Waals surface area contributed by atoms with Crippen molar-refractivity contribution in [1.29, 1.82) is 0 Å². The van der Waals surface area contributed by atoms with Gasteiger partial charge in [-0.2, -0.15) is 0 Å². The fourth-order valence-corrected chi connectivity index (χ4v) is 2.84. The average molecular weight is 280 g/mol. The number of hydrogen-bond donors (Lipinski definition) is 0. The van der Waals surface area contributed by atoms with E-state index in [9.17, 15) is 4.79 Å². The van der Waals surface area contributed by atoms with Crippen molar-refractivity contribution in [2.24, 2.45) is 0 Å². The molecule has 18 heavy (non-hydrogen) atoms. The van der Waals surface area contributed by atoms with Gasteiger partial charge in [-0.25, -0.2) is 0 Å². The van der Waals surface area contributed by atoms with E-state index in [-0.39, 0.29) is 6.04 Å². The number of benzene rings is 1. The van der Waals surface area contributed by atoms with E-state index in [2.05, 4.69) is 23.3 Å². The van der Waals surface area contributed by atoms with Crippen LogP contribution in [0.5, 0.6) is 0 Å². The van der Waals surface area contributed by atoms with Crippen LogP contribution in [0.3, 0.4) is 0 Å². The minimum atomic E-state index is 0.210. The van der Waals surface area contributed by atoms with Crippen LogP contribution >= 0.6 is 22.9 Å². The lowest BCUT2D eigenvalue weighted by molar-refractivity contribution is 0.112. The van der Waals surface area contributed by atoms with Crippen LogP contribution in [0.4, 0.5) is 5.69 Å². The molecular formula is C14H14ClNOS. The van der Waals surface area contributed by atoms with Crippen LogP contribution in [0.25, 0.3) is 0 Å². The molecule has 0 saturated carbocycles. The van der Waals surface area contributed by atoms with Gasteiger partial charge in [-0.15, -0.1) is 11.3 Å². The number of carbonyl (C=O) groups is 1. The van der Waals surface area contributed by atoms with Crippen molar-refractivity contribution in [2.45, 2.75) is 13.0 Å². The molecule has 1 heterocycles. The Morgan fingerprint density at radius 2 is 2.17 bits per heavy atom. The molecule has 4 heteroatoms. The molecule has 0 bridgehead atoms. The second kappa shape index (κ2) is 5.55. The van der Waals surface area contributed by atoms with Gasteiger partial charge in [0.05, 0.1) is 6.04 Å². The topological polar surface area (TPSA) is 20.3 Å². The van der Waals surface area contributed by atoms with E-state index in [1.165, 1.54) is 4.88 Å².